The Hall–Kier alpha value is -0.610. The van der Waals surface area contributed by atoms with Gasteiger partial charge in [-0.3, -0.25) is 4.79 Å². The molecule has 0 aromatic carbocycles. The van der Waals surface area contributed by atoms with Crippen molar-refractivity contribution in [1.29, 1.82) is 0 Å². The van der Waals surface area contributed by atoms with Crippen LogP contribution in [0.1, 0.15) is 6.42 Å². The first-order valence-electron chi connectivity index (χ1n) is 3.84. The number of nitrogens with one attached hydrogen (secondary N) is 2. The molecule has 0 aromatic heterocycles. The summed E-state index contributed by atoms with van der Waals surface area (Å²) in [6, 6.07) is -0.0521. The molecule has 4 heteroatoms. The summed E-state index contributed by atoms with van der Waals surface area (Å²) in [5, 5.41) is 5.90. The van der Waals surface area contributed by atoms with E-state index < -0.39 is 0 Å². The average molecular weight is 158 g/mol. The Labute approximate surface area is 66.3 Å². The molecule has 1 amide bonds. The maximum atomic E-state index is 11.1. The van der Waals surface area contributed by atoms with E-state index in [1.165, 1.54) is 0 Å². The van der Waals surface area contributed by atoms with E-state index in [9.17, 15) is 4.79 Å². The first-order valence-corrected chi connectivity index (χ1v) is 3.84. The summed E-state index contributed by atoms with van der Waals surface area (Å²) in [5.74, 6) is 0.0910. The van der Waals surface area contributed by atoms with Gasteiger partial charge >= 0.3 is 0 Å². The molecule has 64 valence electrons. The molecule has 1 unspecified atom stereocenters. The van der Waals surface area contributed by atoms with E-state index in [1.54, 1.807) is 7.11 Å². The van der Waals surface area contributed by atoms with Crippen LogP contribution in [-0.2, 0) is 9.53 Å². The Bertz CT molecular complexity index is 138. The predicted octanol–water partition coefficient (Wildman–Crippen LogP) is -0.889. The van der Waals surface area contributed by atoms with Gasteiger partial charge < -0.3 is 15.4 Å². The zero-order valence-corrected chi connectivity index (χ0v) is 6.72. The van der Waals surface area contributed by atoms with E-state index in [4.69, 9.17) is 4.74 Å². The molecule has 1 aliphatic rings. The lowest BCUT2D eigenvalue weighted by Gasteiger charge is -2.22. The van der Waals surface area contributed by atoms with Crippen LogP contribution in [0.4, 0.5) is 0 Å². The van der Waals surface area contributed by atoms with E-state index in [0.717, 1.165) is 19.5 Å². The number of carbonyl (C=O) groups excluding carboxylic acids is 1. The minimum absolute atomic E-state index is 0.0521. The quantitative estimate of drug-likeness (QED) is 0.560. The maximum absolute atomic E-state index is 11.1. The second-order valence-electron chi connectivity index (χ2n) is 2.58. The van der Waals surface area contributed by atoms with Gasteiger partial charge in [0.25, 0.3) is 0 Å². The molecule has 0 bridgehead atoms. The first kappa shape index (κ1) is 8.49. The van der Waals surface area contributed by atoms with Gasteiger partial charge in [-0.25, -0.2) is 0 Å². The second kappa shape index (κ2) is 4.31. The summed E-state index contributed by atoms with van der Waals surface area (Å²) in [6.45, 7) is 2.23. The Morgan fingerprint density at radius 3 is 3.09 bits per heavy atom. The van der Waals surface area contributed by atoms with Gasteiger partial charge in [0, 0.05) is 26.8 Å². The highest BCUT2D eigenvalue weighted by Crippen LogP contribution is 1.95. The summed E-state index contributed by atoms with van der Waals surface area (Å²) in [6.07, 6.45) is 0.752. The lowest BCUT2D eigenvalue weighted by molar-refractivity contribution is -0.124. The monoisotopic (exact) mass is 158 g/mol. The summed E-state index contributed by atoms with van der Waals surface area (Å²) in [5.41, 5.74) is 0. The fourth-order valence-electron chi connectivity index (χ4n) is 1.12. The van der Waals surface area contributed by atoms with Gasteiger partial charge in [-0.1, -0.05) is 0 Å². The third kappa shape index (κ3) is 2.48. The van der Waals surface area contributed by atoms with Gasteiger partial charge in [-0.15, -0.1) is 0 Å². The van der Waals surface area contributed by atoms with Gasteiger partial charge in [0.2, 0.25) is 5.91 Å². The van der Waals surface area contributed by atoms with E-state index >= 15 is 0 Å². The molecule has 2 N–H and O–H groups in total. The number of amides is 1. The van der Waals surface area contributed by atoms with Gasteiger partial charge in [-0.2, -0.15) is 0 Å². The summed E-state index contributed by atoms with van der Waals surface area (Å²) in [4.78, 5) is 11.1. The fraction of sp³-hybridized carbons (Fsp3) is 0.857. The first-order chi connectivity index (χ1) is 5.34. The average Bonchev–Trinajstić information content (AvgIpc) is 2.03. The molecule has 0 spiro atoms. The highest BCUT2D eigenvalue weighted by atomic mass is 16.5. The van der Waals surface area contributed by atoms with Crippen LogP contribution in [0.5, 0.6) is 0 Å². The van der Waals surface area contributed by atoms with Crippen molar-refractivity contribution in [3.8, 4) is 0 Å². The standard InChI is InChI=1S/C7H14N2O2/c1-11-5-2-6-7(10)9-4-3-8-6/h6,8H,2-5H2,1H3,(H,9,10). The van der Waals surface area contributed by atoms with Crippen molar-refractivity contribution < 1.29 is 9.53 Å². The summed E-state index contributed by atoms with van der Waals surface area (Å²) < 4.78 is 4.87. The van der Waals surface area contributed by atoms with Crippen LogP contribution in [0.2, 0.25) is 0 Å². The van der Waals surface area contributed by atoms with Crippen molar-refractivity contribution in [3.05, 3.63) is 0 Å². The Morgan fingerprint density at radius 1 is 1.64 bits per heavy atom. The largest absolute Gasteiger partial charge is 0.385 e. The smallest absolute Gasteiger partial charge is 0.237 e. The van der Waals surface area contributed by atoms with Crippen LogP contribution in [0.3, 0.4) is 0 Å². The molecule has 1 saturated heterocycles. The van der Waals surface area contributed by atoms with E-state index in [2.05, 4.69) is 10.6 Å². The minimum atomic E-state index is -0.0521. The number of methoxy groups -OCH3 is 1. The fourth-order valence-corrected chi connectivity index (χ4v) is 1.12. The molecule has 1 aliphatic heterocycles. The number of hydrogen-bond acceptors (Lipinski definition) is 3. The molecule has 1 fully saturated rings. The summed E-state index contributed by atoms with van der Waals surface area (Å²) in [7, 11) is 1.64. The molecule has 4 nitrogen and oxygen atoms in total. The third-order valence-corrected chi connectivity index (χ3v) is 1.74. The maximum Gasteiger partial charge on any atom is 0.237 e. The molecule has 0 aliphatic carbocycles. The van der Waals surface area contributed by atoms with E-state index in [0.29, 0.717) is 6.61 Å². The van der Waals surface area contributed by atoms with Gasteiger partial charge in [0.05, 0.1) is 6.04 Å². The Morgan fingerprint density at radius 2 is 2.45 bits per heavy atom. The number of carbonyl (C=O) groups is 1. The normalized spacial score (nSPS) is 24.8. The number of rotatable bonds is 3. The number of hydrogen-bond donors (Lipinski definition) is 2. The lowest BCUT2D eigenvalue weighted by Crippen LogP contribution is -2.53. The molecule has 11 heavy (non-hydrogen) atoms. The van der Waals surface area contributed by atoms with Gasteiger partial charge in [0.1, 0.15) is 0 Å². The Balaban J connectivity index is 2.24. The number of piperazine rings is 1. The van der Waals surface area contributed by atoms with Crippen molar-refractivity contribution in [2.24, 2.45) is 0 Å². The minimum Gasteiger partial charge on any atom is -0.385 e. The molecular formula is C7H14N2O2. The van der Waals surface area contributed by atoms with Crippen LogP contribution >= 0.6 is 0 Å². The van der Waals surface area contributed by atoms with E-state index in [1.807, 2.05) is 0 Å². The highest BCUT2D eigenvalue weighted by molar-refractivity contribution is 5.82. The second-order valence-corrected chi connectivity index (χ2v) is 2.58. The topological polar surface area (TPSA) is 50.4 Å². The van der Waals surface area contributed by atoms with Crippen LogP contribution in [-0.4, -0.2) is 38.8 Å². The van der Waals surface area contributed by atoms with Crippen LogP contribution < -0.4 is 10.6 Å². The van der Waals surface area contributed by atoms with Crippen LogP contribution in [0.25, 0.3) is 0 Å². The molecule has 1 rings (SSSR count). The third-order valence-electron chi connectivity index (χ3n) is 1.74. The molecule has 0 radical (unpaired) electrons. The van der Waals surface area contributed by atoms with Crippen molar-refractivity contribution in [3.63, 3.8) is 0 Å². The molecule has 0 aromatic rings. The molecule has 0 saturated carbocycles. The van der Waals surface area contributed by atoms with Gasteiger partial charge in [-0.05, 0) is 6.42 Å². The van der Waals surface area contributed by atoms with E-state index in [-0.39, 0.29) is 11.9 Å². The predicted molar refractivity (Wildman–Crippen MR) is 41.3 cm³/mol. The SMILES string of the molecule is COCCC1NCCNC1=O. The van der Waals surface area contributed by atoms with Gasteiger partial charge in [0.15, 0.2) is 0 Å². The van der Waals surface area contributed by atoms with Crippen molar-refractivity contribution >= 4 is 5.91 Å². The molecular weight excluding hydrogens is 144 g/mol. The highest BCUT2D eigenvalue weighted by Gasteiger charge is 2.19. The van der Waals surface area contributed by atoms with Crippen LogP contribution in [0.15, 0.2) is 0 Å². The van der Waals surface area contributed by atoms with Crippen LogP contribution in [0, 0.1) is 0 Å². The Kier molecular flexibility index (Phi) is 3.32. The van der Waals surface area contributed by atoms with Crippen molar-refractivity contribution in [2.75, 3.05) is 26.8 Å². The molecule has 1 heterocycles. The van der Waals surface area contributed by atoms with Crippen molar-refractivity contribution in [1.82, 2.24) is 10.6 Å². The molecule has 1 atom stereocenters. The number of ether oxygens (including phenoxy) is 1. The summed E-state index contributed by atoms with van der Waals surface area (Å²) >= 11 is 0. The zero-order valence-electron chi connectivity index (χ0n) is 6.72. The zero-order chi connectivity index (χ0) is 8.10. The lowest BCUT2D eigenvalue weighted by atomic mass is 10.1. The van der Waals surface area contributed by atoms with Crippen molar-refractivity contribution in [2.45, 2.75) is 12.5 Å².